The van der Waals surface area contributed by atoms with Gasteiger partial charge in [-0.25, -0.2) is 16.8 Å². The third-order valence-corrected chi connectivity index (χ3v) is 9.15. The molecule has 0 aromatic heterocycles. The molecule has 1 aromatic carbocycles. The number of rotatable bonds is 4. The van der Waals surface area contributed by atoms with Crippen molar-refractivity contribution in [3.63, 3.8) is 0 Å². The van der Waals surface area contributed by atoms with Gasteiger partial charge in [-0.05, 0) is 44.2 Å². The summed E-state index contributed by atoms with van der Waals surface area (Å²) in [4.78, 5) is -0.688. The number of sulfone groups is 2. The normalized spacial score (nSPS) is 26.9. The Balaban J connectivity index is 1.70. The van der Waals surface area contributed by atoms with Gasteiger partial charge >= 0.3 is 6.18 Å². The van der Waals surface area contributed by atoms with Crippen LogP contribution < -0.4 is 0 Å². The van der Waals surface area contributed by atoms with Gasteiger partial charge in [0.1, 0.15) is 0 Å². The molecule has 0 unspecified atom stereocenters. The monoisotopic (exact) mass is 426 g/mol. The van der Waals surface area contributed by atoms with Gasteiger partial charge in [0.15, 0.2) is 19.7 Å². The molecule has 3 rings (SSSR count). The van der Waals surface area contributed by atoms with Gasteiger partial charge in [-0.2, -0.15) is 13.2 Å². The molecule has 1 saturated carbocycles. The van der Waals surface area contributed by atoms with Crippen LogP contribution in [0.1, 0.15) is 37.7 Å². The second-order valence-corrected chi connectivity index (χ2v) is 11.6. The maximum atomic E-state index is 13.2. The predicted octanol–water partition coefficient (Wildman–Crippen LogP) is 2.99. The number of ether oxygens (including phenoxy) is 1. The van der Waals surface area contributed by atoms with Crippen LogP contribution in [0.2, 0.25) is 0 Å². The highest BCUT2D eigenvalue weighted by atomic mass is 32.2. The lowest BCUT2D eigenvalue weighted by Crippen LogP contribution is -2.31. The van der Waals surface area contributed by atoms with Crippen LogP contribution in [0.4, 0.5) is 13.2 Å². The molecule has 10 heteroatoms. The van der Waals surface area contributed by atoms with Crippen molar-refractivity contribution in [3.05, 3.63) is 29.8 Å². The van der Waals surface area contributed by atoms with Crippen LogP contribution in [-0.4, -0.2) is 45.8 Å². The first-order valence-electron chi connectivity index (χ1n) is 8.75. The van der Waals surface area contributed by atoms with E-state index in [0.29, 0.717) is 19.3 Å². The van der Waals surface area contributed by atoms with E-state index in [-0.39, 0.29) is 36.6 Å². The van der Waals surface area contributed by atoms with Crippen LogP contribution in [0, 0.1) is 0 Å². The Morgan fingerprint density at radius 1 is 0.963 bits per heavy atom. The molecule has 0 spiro atoms. The number of halogens is 3. The summed E-state index contributed by atoms with van der Waals surface area (Å²) in [6.07, 6.45) is -3.86. The maximum Gasteiger partial charge on any atom is 0.417 e. The van der Waals surface area contributed by atoms with Crippen LogP contribution in [0.5, 0.6) is 0 Å². The van der Waals surface area contributed by atoms with Crippen LogP contribution in [0.25, 0.3) is 0 Å². The molecule has 27 heavy (non-hydrogen) atoms. The van der Waals surface area contributed by atoms with E-state index in [0.717, 1.165) is 12.1 Å². The molecule has 0 N–H and O–H groups in total. The van der Waals surface area contributed by atoms with Gasteiger partial charge in [0.2, 0.25) is 0 Å². The molecule has 1 aliphatic heterocycles. The number of hydrogen-bond donors (Lipinski definition) is 0. The van der Waals surface area contributed by atoms with E-state index in [4.69, 9.17) is 4.74 Å². The standard InChI is InChI=1S/C17H21F3O5S2/c18-17(19,20)15-3-1-2-4-16(15)27(23,24)14-6-5-13(11-14)25-12-7-9-26(21,22)10-8-12/h1-4,12-14H,5-11H2/t13-,14-/m0/s1. The molecule has 1 heterocycles. The van der Waals surface area contributed by atoms with Gasteiger partial charge < -0.3 is 4.74 Å². The molecule has 1 saturated heterocycles. The minimum Gasteiger partial charge on any atom is -0.375 e. The van der Waals surface area contributed by atoms with E-state index in [1.165, 1.54) is 12.1 Å². The Hall–Kier alpha value is -1.13. The van der Waals surface area contributed by atoms with E-state index >= 15 is 0 Å². The summed E-state index contributed by atoms with van der Waals surface area (Å²) in [5.41, 5.74) is -1.15. The molecule has 1 aliphatic carbocycles. The Labute approximate surface area is 156 Å². The van der Waals surface area contributed by atoms with Crippen molar-refractivity contribution >= 4 is 19.7 Å². The summed E-state index contributed by atoms with van der Waals surface area (Å²) in [7, 11) is -7.16. The van der Waals surface area contributed by atoms with Crippen molar-refractivity contribution in [1.82, 2.24) is 0 Å². The maximum absolute atomic E-state index is 13.2. The summed E-state index contributed by atoms with van der Waals surface area (Å²) in [6, 6.07) is 4.23. The predicted molar refractivity (Wildman–Crippen MR) is 92.8 cm³/mol. The van der Waals surface area contributed by atoms with Gasteiger partial charge in [-0.1, -0.05) is 12.1 Å². The molecule has 2 aliphatic rings. The fourth-order valence-electron chi connectivity index (χ4n) is 3.71. The summed E-state index contributed by atoms with van der Waals surface area (Å²) in [5.74, 6) is 0.0934. The van der Waals surface area contributed by atoms with Crippen molar-refractivity contribution in [2.75, 3.05) is 11.5 Å². The Kier molecular flexibility index (Phi) is 5.62. The van der Waals surface area contributed by atoms with Crippen molar-refractivity contribution < 1.29 is 34.7 Å². The summed E-state index contributed by atoms with van der Waals surface area (Å²) in [5, 5.41) is -0.932. The SMILES string of the molecule is O=S1(=O)CCC(O[C@H]2CC[C@H](S(=O)(=O)c3ccccc3C(F)(F)F)C2)CC1. The molecule has 152 valence electrons. The number of hydrogen-bond acceptors (Lipinski definition) is 5. The second-order valence-electron chi connectivity index (χ2n) is 7.08. The lowest BCUT2D eigenvalue weighted by Gasteiger charge is -2.25. The van der Waals surface area contributed by atoms with Crippen LogP contribution in [-0.2, 0) is 30.6 Å². The highest BCUT2D eigenvalue weighted by Gasteiger charge is 2.42. The van der Waals surface area contributed by atoms with E-state index in [1.807, 2.05) is 0 Å². The number of benzene rings is 1. The highest BCUT2D eigenvalue weighted by Crippen LogP contribution is 2.39. The Morgan fingerprint density at radius 3 is 2.22 bits per heavy atom. The number of alkyl halides is 3. The molecule has 2 fully saturated rings. The summed E-state index contributed by atoms with van der Waals surface area (Å²) in [6.45, 7) is 0. The van der Waals surface area contributed by atoms with Gasteiger partial charge in [0, 0.05) is 0 Å². The Morgan fingerprint density at radius 2 is 1.59 bits per heavy atom. The zero-order valence-electron chi connectivity index (χ0n) is 14.5. The zero-order chi connectivity index (χ0) is 19.9. The van der Waals surface area contributed by atoms with Crippen molar-refractivity contribution in [1.29, 1.82) is 0 Å². The minimum absolute atomic E-state index is 0.0467. The van der Waals surface area contributed by atoms with Gasteiger partial charge in [-0.15, -0.1) is 0 Å². The van der Waals surface area contributed by atoms with Gasteiger partial charge in [0.25, 0.3) is 0 Å². The first-order valence-corrected chi connectivity index (χ1v) is 12.1. The quantitative estimate of drug-likeness (QED) is 0.740. The second kappa shape index (κ2) is 7.36. The minimum atomic E-state index is -4.74. The first-order chi connectivity index (χ1) is 12.5. The Bertz CT molecular complexity index is 879. The average molecular weight is 426 g/mol. The third-order valence-electron chi connectivity index (χ3n) is 5.16. The zero-order valence-corrected chi connectivity index (χ0v) is 16.1. The van der Waals surface area contributed by atoms with E-state index in [1.54, 1.807) is 0 Å². The molecular formula is C17H21F3O5S2. The smallest absolute Gasteiger partial charge is 0.375 e. The molecule has 0 amide bonds. The molecule has 2 atom stereocenters. The summed E-state index contributed by atoms with van der Waals surface area (Å²) >= 11 is 0. The van der Waals surface area contributed by atoms with Crippen LogP contribution >= 0.6 is 0 Å². The topological polar surface area (TPSA) is 77.5 Å². The first kappa shape index (κ1) is 20.6. The molecular weight excluding hydrogens is 405 g/mol. The van der Waals surface area contributed by atoms with E-state index in [2.05, 4.69) is 0 Å². The average Bonchev–Trinajstić information content (AvgIpc) is 3.05. The van der Waals surface area contributed by atoms with Crippen LogP contribution in [0.15, 0.2) is 29.2 Å². The summed E-state index contributed by atoms with van der Waals surface area (Å²) < 4.78 is 93.9. The lowest BCUT2D eigenvalue weighted by atomic mass is 10.2. The molecule has 1 aromatic rings. The fourth-order valence-corrected chi connectivity index (χ4v) is 7.19. The highest BCUT2D eigenvalue weighted by molar-refractivity contribution is 7.92. The van der Waals surface area contributed by atoms with Crippen molar-refractivity contribution in [2.45, 2.75) is 60.6 Å². The van der Waals surface area contributed by atoms with E-state index < -0.39 is 41.6 Å². The fraction of sp³-hybridized carbons (Fsp3) is 0.647. The third kappa shape index (κ3) is 4.65. The molecule has 0 bridgehead atoms. The lowest BCUT2D eigenvalue weighted by molar-refractivity contribution is -0.139. The van der Waals surface area contributed by atoms with Crippen molar-refractivity contribution in [3.8, 4) is 0 Å². The van der Waals surface area contributed by atoms with E-state index in [9.17, 15) is 30.0 Å². The largest absolute Gasteiger partial charge is 0.417 e. The van der Waals surface area contributed by atoms with Crippen LogP contribution in [0.3, 0.4) is 0 Å². The van der Waals surface area contributed by atoms with Gasteiger partial charge in [-0.3, -0.25) is 0 Å². The van der Waals surface area contributed by atoms with Crippen molar-refractivity contribution in [2.24, 2.45) is 0 Å². The molecule has 5 nitrogen and oxygen atoms in total. The van der Waals surface area contributed by atoms with Gasteiger partial charge in [0.05, 0.1) is 39.4 Å². The molecule has 0 radical (unpaired) electrons.